The average Bonchev–Trinajstić information content (AvgIpc) is 3.09. The molecule has 0 bridgehead atoms. The van der Waals surface area contributed by atoms with Crippen LogP contribution in [0.25, 0.3) is 0 Å². The van der Waals surface area contributed by atoms with Crippen molar-refractivity contribution in [2.45, 2.75) is 66.2 Å². The summed E-state index contributed by atoms with van der Waals surface area (Å²) in [6, 6.07) is 13.5. The summed E-state index contributed by atoms with van der Waals surface area (Å²) in [6.07, 6.45) is 7.33. The van der Waals surface area contributed by atoms with Gasteiger partial charge in [0.15, 0.2) is 0 Å². The summed E-state index contributed by atoms with van der Waals surface area (Å²) >= 11 is 0. The van der Waals surface area contributed by atoms with Gasteiger partial charge in [0.25, 0.3) is 0 Å². The summed E-state index contributed by atoms with van der Waals surface area (Å²) in [5.41, 5.74) is 5.95. The monoisotopic (exact) mass is 294 g/mol. The van der Waals surface area contributed by atoms with Crippen LogP contribution in [-0.4, -0.2) is 23.1 Å². The van der Waals surface area contributed by atoms with E-state index in [0.29, 0.717) is 0 Å². The molecule has 2 aromatic carbocycles. The fourth-order valence-corrected chi connectivity index (χ4v) is 2.43. The first-order chi connectivity index (χ1) is 9.73. The summed E-state index contributed by atoms with van der Waals surface area (Å²) < 4.78 is 0. The van der Waals surface area contributed by atoms with Gasteiger partial charge in [-0.25, -0.2) is 12.1 Å². The van der Waals surface area contributed by atoms with Crippen molar-refractivity contribution in [2.75, 3.05) is 0 Å². The third-order valence-corrected chi connectivity index (χ3v) is 3.66. The second-order valence-electron chi connectivity index (χ2n) is 5.46. The maximum atomic E-state index is 2.31. The van der Waals surface area contributed by atoms with E-state index in [1.807, 2.05) is 0 Å². The zero-order chi connectivity index (χ0) is 14.8. The standard InChI is InChI=1S/2C10H15.Mg/c2*1-3-5-10-7-6-9(4-2)8-10;/h2*6-8H,3-5H2,1-2H3;/q2*-1;+2. The second kappa shape index (κ2) is 12.1. The number of hydrogen-bond donors (Lipinski definition) is 0. The van der Waals surface area contributed by atoms with Crippen molar-refractivity contribution in [3.63, 3.8) is 0 Å². The van der Waals surface area contributed by atoms with Crippen LogP contribution in [0.5, 0.6) is 0 Å². The van der Waals surface area contributed by atoms with Gasteiger partial charge in [0.1, 0.15) is 0 Å². The maximum absolute atomic E-state index is 2.31. The molecule has 0 amide bonds. The molecule has 0 radical (unpaired) electrons. The molecule has 1 heteroatoms. The third kappa shape index (κ3) is 7.87. The Morgan fingerprint density at radius 2 is 1.10 bits per heavy atom. The molecule has 0 heterocycles. The van der Waals surface area contributed by atoms with Gasteiger partial charge in [0.05, 0.1) is 0 Å². The predicted octanol–water partition coefficient (Wildman–Crippen LogP) is 5.46. The minimum absolute atomic E-state index is 0. The number of hydrogen-bond acceptors (Lipinski definition) is 0. The van der Waals surface area contributed by atoms with Crippen LogP contribution >= 0.6 is 0 Å². The topological polar surface area (TPSA) is 0 Å². The van der Waals surface area contributed by atoms with Crippen molar-refractivity contribution in [1.29, 1.82) is 0 Å². The average molecular weight is 295 g/mol. The summed E-state index contributed by atoms with van der Waals surface area (Å²) in [4.78, 5) is 0. The first-order valence-electron chi connectivity index (χ1n) is 8.22. The molecule has 0 fully saturated rings. The maximum Gasteiger partial charge on any atom is 2.00 e. The van der Waals surface area contributed by atoms with Crippen LogP contribution in [0.1, 0.15) is 62.8 Å². The van der Waals surface area contributed by atoms with E-state index in [9.17, 15) is 0 Å². The van der Waals surface area contributed by atoms with Crippen LogP contribution in [-0.2, 0) is 25.7 Å². The Morgan fingerprint density at radius 3 is 1.33 bits per heavy atom. The summed E-state index contributed by atoms with van der Waals surface area (Å²) in [7, 11) is 0. The van der Waals surface area contributed by atoms with Crippen LogP contribution in [0.4, 0.5) is 0 Å². The Labute approximate surface area is 147 Å². The van der Waals surface area contributed by atoms with E-state index in [0.717, 1.165) is 0 Å². The van der Waals surface area contributed by atoms with E-state index >= 15 is 0 Å². The Bertz CT molecular complexity index is 417. The van der Waals surface area contributed by atoms with E-state index in [4.69, 9.17) is 0 Å². The fourth-order valence-electron chi connectivity index (χ4n) is 2.43. The molecule has 0 unspecified atom stereocenters. The molecule has 0 spiro atoms. The van der Waals surface area contributed by atoms with E-state index in [1.54, 1.807) is 0 Å². The van der Waals surface area contributed by atoms with Crippen LogP contribution in [0, 0.1) is 0 Å². The third-order valence-electron chi connectivity index (χ3n) is 3.66. The van der Waals surface area contributed by atoms with Gasteiger partial charge in [-0.3, -0.25) is 0 Å². The van der Waals surface area contributed by atoms with Gasteiger partial charge in [-0.2, -0.15) is 46.5 Å². The first kappa shape index (κ1) is 20.5. The van der Waals surface area contributed by atoms with E-state index in [1.165, 1.54) is 60.8 Å². The van der Waals surface area contributed by atoms with Gasteiger partial charge >= 0.3 is 23.1 Å². The molecule has 0 aromatic heterocycles. The molecule has 0 aliphatic heterocycles. The Balaban J connectivity index is 0.000000364. The minimum Gasteiger partial charge on any atom is -0.210 e. The zero-order valence-corrected chi connectivity index (χ0v) is 15.8. The Morgan fingerprint density at radius 1 is 0.714 bits per heavy atom. The van der Waals surface area contributed by atoms with Crippen LogP contribution in [0.3, 0.4) is 0 Å². The van der Waals surface area contributed by atoms with Gasteiger partial charge in [-0.15, -0.1) is 0 Å². The molecule has 21 heavy (non-hydrogen) atoms. The van der Waals surface area contributed by atoms with Crippen molar-refractivity contribution < 1.29 is 0 Å². The van der Waals surface area contributed by atoms with E-state index in [2.05, 4.69) is 64.1 Å². The van der Waals surface area contributed by atoms with E-state index in [-0.39, 0.29) is 23.1 Å². The largest absolute Gasteiger partial charge is 2.00 e. The van der Waals surface area contributed by atoms with Crippen molar-refractivity contribution in [1.82, 2.24) is 0 Å². The molecule has 0 saturated carbocycles. The molecule has 0 N–H and O–H groups in total. The first-order valence-corrected chi connectivity index (χ1v) is 8.22. The smallest absolute Gasteiger partial charge is 0.210 e. The van der Waals surface area contributed by atoms with Crippen molar-refractivity contribution in [2.24, 2.45) is 0 Å². The van der Waals surface area contributed by atoms with Crippen molar-refractivity contribution >= 4 is 23.1 Å². The second-order valence-corrected chi connectivity index (χ2v) is 5.46. The van der Waals surface area contributed by atoms with E-state index < -0.39 is 0 Å². The fraction of sp³-hybridized carbons (Fsp3) is 0.500. The molecule has 2 rings (SSSR count). The van der Waals surface area contributed by atoms with Gasteiger partial charge < -0.3 is 0 Å². The predicted molar refractivity (Wildman–Crippen MR) is 96.6 cm³/mol. The zero-order valence-electron chi connectivity index (χ0n) is 14.4. The van der Waals surface area contributed by atoms with Crippen molar-refractivity contribution in [3.05, 3.63) is 58.7 Å². The summed E-state index contributed by atoms with van der Waals surface area (Å²) in [5.74, 6) is 0. The van der Waals surface area contributed by atoms with Gasteiger partial charge in [0.2, 0.25) is 0 Å². The SMILES string of the molecule is CCCc1cc[c-](CC)c1.CCCc1cc[c-](CC)c1.[Mg+2]. The molecule has 2 aromatic rings. The van der Waals surface area contributed by atoms with Gasteiger partial charge in [-0.1, -0.05) is 66.2 Å². The van der Waals surface area contributed by atoms with Crippen molar-refractivity contribution in [3.8, 4) is 0 Å². The molecule has 0 atom stereocenters. The number of aryl methyl sites for hydroxylation is 4. The molecule has 0 nitrogen and oxygen atoms in total. The van der Waals surface area contributed by atoms with Crippen LogP contribution in [0.2, 0.25) is 0 Å². The molecule has 0 aliphatic carbocycles. The molecule has 0 aliphatic rings. The number of rotatable bonds is 6. The van der Waals surface area contributed by atoms with Gasteiger partial charge in [-0.05, 0) is 0 Å². The van der Waals surface area contributed by atoms with Crippen LogP contribution < -0.4 is 0 Å². The molecular formula is C20H30Mg. The summed E-state index contributed by atoms with van der Waals surface area (Å²) in [6.45, 7) is 8.84. The molecule has 0 saturated heterocycles. The Hall–Kier alpha value is -0.534. The van der Waals surface area contributed by atoms with Crippen LogP contribution in [0.15, 0.2) is 36.4 Å². The Kier molecular flexibility index (Phi) is 11.7. The molecule has 112 valence electrons. The minimum atomic E-state index is 0. The van der Waals surface area contributed by atoms with Gasteiger partial charge in [0, 0.05) is 0 Å². The normalized spacial score (nSPS) is 9.71. The molecular weight excluding hydrogens is 265 g/mol. The summed E-state index contributed by atoms with van der Waals surface area (Å²) in [5, 5.41) is 0. The quantitative estimate of drug-likeness (QED) is 0.490.